The Morgan fingerprint density at radius 1 is 1.00 bits per heavy atom. The zero-order valence-corrected chi connectivity index (χ0v) is 19.9. The van der Waals surface area contributed by atoms with E-state index in [9.17, 15) is 5.11 Å². The van der Waals surface area contributed by atoms with Crippen molar-refractivity contribution < 1.29 is 28.8 Å². The number of rotatable bonds is 4. The Bertz CT molecular complexity index is 652. The lowest BCUT2D eigenvalue weighted by Gasteiger charge is -2.64. The zero-order valence-electron chi connectivity index (χ0n) is 19.9. The molecule has 31 heavy (non-hydrogen) atoms. The first-order valence-electron chi connectivity index (χ1n) is 12.5. The standard InChI is InChI=1S/C25H42O5.FH/c1-5-28-25(27-4)11-9-20-19-7-6-18-16-23(29-14-15-30-23)12-13-24(18,17(2)26)21(19)8-10-22(20,25)3;/h17-21,26H,5-16H2,1-4H3;1H. The van der Waals surface area contributed by atoms with Crippen molar-refractivity contribution in [1.82, 2.24) is 0 Å². The molecular formula is C25H43FO5. The predicted octanol–water partition coefficient (Wildman–Crippen LogP) is 4.66. The topological polar surface area (TPSA) is 57.2 Å². The van der Waals surface area contributed by atoms with E-state index in [-0.39, 0.29) is 27.4 Å². The predicted molar refractivity (Wildman–Crippen MR) is 116 cm³/mol. The Labute approximate surface area is 186 Å². The minimum atomic E-state index is -0.436. The van der Waals surface area contributed by atoms with Gasteiger partial charge in [-0.1, -0.05) is 6.92 Å². The molecule has 0 radical (unpaired) electrons. The molecule has 1 aliphatic heterocycles. The quantitative estimate of drug-likeness (QED) is 0.642. The van der Waals surface area contributed by atoms with E-state index < -0.39 is 5.79 Å². The second-order valence-corrected chi connectivity index (χ2v) is 11.1. The van der Waals surface area contributed by atoms with Gasteiger partial charge in [0.25, 0.3) is 0 Å². The number of hydrogen-bond donors (Lipinski definition) is 1. The highest BCUT2D eigenvalue weighted by molar-refractivity contribution is 5.14. The summed E-state index contributed by atoms with van der Waals surface area (Å²) in [5.74, 6) is 1.56. The monoisotopic (exact) mass is 442 g/mol. The first-order valence-corrected chi connectivity index (χ1v) is 12.5. The van der Waals surface area contributed by atoms with Crippen LogP contribution in [-0.2, 0) is 18.9 Å². The van der Waals surface area contributed by atoms with Crippen LogP contribution in [0.15, 0.2) is 0 Å². The van der Waals surface area contributed by atoms with Crippen molar-refractivity contribution in [3.63, 3.8) is 0 Å². The van der Waals surface area contributed by atoms with Crippen LogP contribution in [0.3, 0.4) is 0 Å². The Morgan fingerprint density at radius 3 is 2.35 bits per heavy atom. The zero-order chi connectivity index (χ0) is 21.2. The molecule has 4 aliphatic carbocycles. The molecule has 4 saturated carbocycles. The largest absolute Gasteiger partial charge is 0.393 e. The third kappa shape index (κ3) is 3.11. The second kappa shape index (κ2) is 8.19. The fourth-order valence-corrected chi connectivity index (χ4v) is 9.33. The number of aliphatic hydroxyl groups excluding tert-OH is 1. The van der Waals surface area contributed by atoms with Crippen molar-refractivity contribution in [3.8, 4) is 0 Å². The molecule has 0 aromatic rings. The van der Waals surface area contributed by atoms with E-state index in [0.29, 0.717) is 30.3 Å². The molecule has 5 rings (SSSR count). The third-order valence-corrected chi connectivity index (χ3v) is 10.6. The van der Waals surface area contributed by atoms with Gasteiger partial charge in [-0.3, -0.25) is 4.70 Å². The van der Waals surface area contributed by atoms with Crippen LogP contribution in [-0.4, -0.2) is 49.7 Å². The van der Waals surface area contributed by atoms with Crippen LogP contribution in [0.5, 0.6) is 0 Å². The highest BCUT2D eigenvalue weighted by Gasteiger charge is 2.68. The maximum absolute atomic E-state index is 11.2. The lowest BCUT2D eigenvalue weighted by Crippen LogP contribution is -2.62. The highest BCUT2D eigenvalue weighted by atomic mass is 19.0. The molecule has 0 aromatic carbocycles. The van der Waals surface area contributed by atoms with E-state index in [1.807, 2.05) is 7.11 Å². The number of aliphatic hydroxyl groups is 1. The van der Waals surface area contributed by atoms with Crippen LogP contribution in [0.25, 0.3) is 0 Å². The van der Waals surface area contributed by atoms with Crippen molar-refractivity contribution >= 4 is 0 Å². The molecule has 5 nitrogen and oxygen atoms in total. The average molecular weight is 443 g/mol. The van der Waals surface area contributed by atoms with Gasteiger partial charge < -0.3 is 24.1 Å². The first kappa shape index (κ1) is 23.9. The Kier molecular flexibility index (Phi) is 6.31. The van der Waals surface area contributed by atoms with Crippen molar-refractivity contribution in [3.05, 3.63) is 0 Å². The van der Waals surface area contributed by atoms with Gasteiger partial charge in [0.15, 0.2) is 11.6 Å². The molecule has 180 valence electrons. The van der Waals surface area contributed by atoms with Gasteiger partial charge in [-0.25, -0.2) is 0 Å². The summed E-state index contributed by atoms with van der Waals surface area (Å²) < 4.78 is 24.7. The summed E-state index contributed by atoms with van der Waals surface area (Å²) in [6.45, 7) is 8.71. The van der Waals surface area contributed by atoms with Crippen molar-refractivity contribution in [1.29, 1.82) is 0 Å². The lowest BCUT2D eigenvalue weighted by molar-refractivity contribution is -0.297. The molecule has 8 unspecified atom stereocenters. The molecule has 1 heterocycles. The third-order valence-electron chi connectivity index (χ3n) is 10.6. The van der Waals surface area contributed by atoms with Gasteiger partial charge in [0, 0.05) is 43.8 Å². The fourth-order valence-electron chi connectivity index (χ4n) is 9.33. The summed E-state index contributed by atoms with van der Waals surface area (Å²) in [4.78, 5) is 0. The smallest absolute Gasteiger partial charge is 0.173 e. The summed E-state index contributed by atoms with van der Waals surface area (Å²) in [7, 11) is 1.84. The number of fused-ring (bicyclic) bond motifs is 5. The Morgan fingerprint density at radius 2 is 1.71 bits per heavy atom. The van der Waals surface area contributed by atoms with Gasteiger partial charge in [-0.05, 0) is 76.0 Å². The van der Waals surface area contributed by atoms with Crippen LogP contribution >= 0.6 is 0 Å². The van der Waals surface area contributed by atoms with Gasteiger partial charge in [-0.2, -0.15) is 0 Å². The van der Waals surface area contributed by atoms with E-state index in [1.165, 1.54) is 25.7 Å². The van der Waals surface area contributed by atoms with E-state index >= 15 is 0 Å². The van der Waals surface area contributed by atoms with E-state index in [4.69, 9.17) is 18.9 Å². The van der Waals surface area contributed by atoms with Crippen molar-refractivity contribution in [2.24, 2.45) is 34.5 Å². The maximum atomic E-state index is 11.2. The van der Waals surface area contributed by atoms with Crippen LogP contribution in [0.4, 0.5) is 4.70 Å². The maximum Gasteiger partial charge on any atom is 0.173 e. The molecule has 6 heteroatoms. The normalized spacial score (nSPS) is 49.1. The molecule has 1 spiro atoms. The highest BCUT2D eigenvalue weighted by Crippen LogP contribution is 2.70. The molecule has 1 saturated heterocycles. The van der Waals surface area contributed by atoms with Gasteiger partial charge >= 0.3 is 0 Å². The molecule has 5 aliphatic rings. The molecule has 1 N–H and O–H groups in total. The number of halogens is 1. The van der Waals surface area contributed by atoms with Crippen LogP contribution in [0, 0.1) is 34.5 Å². The molecule has 8 atom stereocenters. The summed E-state index contributed by atoms with van der Waals surface area (Å²) >= 11 is 0. The molecule has 0 aromatic heterocycles. The SMILES string of the molecule is CCOC1(OC)CCC2C3CCC4CC5(CCC4(C(C)O)C3CCC21C)OCCO5.F. The molecule has 0 amide bonds. The lowest BCUT2D eigenvalue weighted by atomic mass is 9.43. The van der Waals surface area contributed by atoms with E-state index in [2.05, 4.69) is 20.8 Å². The van der Waals surface area contributed by atoms with Gasteiger partial charge in [0.05, 0.1) is 19.3 Å². The summed E-state index contributed by atoms with van der Waals surface area (Å²) in [5.41, 5.74) is 0.0773. The average Bonchev–Trinajstić information content (AvgIpc) is 3.30. The van der Waals surface area contributed by atoms with Crippen molar-refractivity contribution in [2.45, 2.75) is 96.2 Å². The summed E-state index contributed by atoms with van der Waals surface area (Å²) in [6.07, 6.45) is 9.57. The van der Waals surface area contributed by atoms with Gasteiger partial charge in [0.1, 0.15) is 0 Å². The number of ether oxygens (including phenoxy) is 4. The van der Waals surface area contributed by atoms with E-state index in [1.54, 1.807) is 0 Å². The number of hydrogen-bond acceptors (Lipinski definition) is 5. The summed E-state index contributed by atoms with van der Waals surface area (Å²) in [6, 6.07) is 0. The first-order chi connectivity index (χ1) is 14.4. The van der Waals surface area contributed by atoms with Gasteiger partial charge in [0.2, 0.25) is 0 Å². The molecule has 0 bridgehead atoms. The van der Waals surface area contributed by atoms with Crippen LogP contribution < -0.4 is 0 Å². The van der Waals surface area contributed by atoms with Crippen LogP contribution in [0.2, 0.25) is 0 Å². The van der Waals surface area contributed by atoms with Crippen molar-refractivity contribution in [2.75, 3.05) is 26.9 Å². The van der Waals surface area contributed by atoms with Crippen LogP contribution in [0.1, 0.15) is 78.6 Å². The minimum Gasteiger partial charge on any atom is -0.393 e. The molecule has 5 fully saturated rings. The summed E-state index contributed by atoms with van der Waals surface area (Å²) in [5, 5.41) is 11.2. The van der Waals surface area contributed by atoms with E-state index in [0.717, 1.165) is 45.3 Å². The Balaban J connectivity index is 0.00000231. The Hall–Kier alpha value is -0.270. The molecular weight excluding hydrogens is 399 g/mol. The van der Waals surface area contributed by atoms with Gasteiger partial charge in [-0.15, -0.1) is 0 Å². The fraction of sp³-hybridized carbons (Fsp3) is 1.00. The number of methoxy groups -OCH3 is 1. The minimum absolute atomic E-state index is 0. The second-order valence-electron chi connectivity index (χ2n) is 11.1.